The molecule has 0 heterocycles. The Balaban J connectivity index is 5.24. The van der Waals surface area contributed by atoms with Crippen LogP contribution in [-0.4, -0.2) is 96.7 Å². The van der Waals surface area contributed by atoms with Gasteiger partial charge in [0.2, 0.25) is 0 Å². The SMILES string of the molecule is CCCCCCCCCCCCCCCCCC(=O)OC[C@H](COP(=O)(O)OC[C@@H](O)COP(=O)(O)OC[C@@H](COC(=O)CCCCCCCCC(C)C)OC(=O)CCCCCCCCCCCC(C)C)OC(=O)CCCCCCCCCCCCCCCC(C)C. The van der Waals surface area contributed by atoms with Gasteiger partial charge in [0, 0.05) is 25.7 Å². The number of rotatable bonds is 71. The molecular weight excluding hydrogens is 1210 g/mol. The van der Waals surface area contributed by atoms with Crippen LogP contribution in [0.5, 0.6) is 0 Å². The smallest absolute Gasteiger partial charge is 0.462 e. The Hall–Kier alpha value is -1.94. The Morgan fingerprint density at radius 3 is 0.739 bits per heavy atom. The van der Waals surface area contributed by atoms with Crippen molar-refractivity contribution in [2.45, 2.75) is 388 Å². The third-order valence-corrected chi connectivity index (χ3v) is 18.8. The standard InChI is InChI=1S/C73H142O17P2/c1-8-9-10-11-12-13-14-15-16-19-22-27-32-40-47-54-70(75)83-60-68(89-72(77)56-49-42-33-28-23-20-17-18-21-25-30-37-44-51-64(2)3)62-87-91(79,80)85-58-67(74)59-86-92(81,82)88-63-69(61-84-71(76)55-48-41-36-35-39-46-53-66(6)7)90-73(78)57-50-43-34-29-24-26-31-38-45-52-65(4)5/h64-69,74H,8-63H2,1-7H3,(H,79,80)(H,81,82)/t67-,68-,69-/m1/s1. The van der Waals surface area contributed by atoms with Crippen LogP contribution in [0.1, 0.15) is 370 Å². The quantitative estimate of drug-likeness (QED) is 0.0222. The minimum atomic E-state index is -4.96. The maximum atomic E-state index is 13.1. The average molecular weight is 1350 g/mol. The molecule has 0 fully saturated rings. The van der Waals surface area contributed by atoms with E-state index in [1.165, 1.54) is 173 Å². The van der Waals surface area contributed by atoms with E-state index in [1.54, 1.807) is 0 Å². The molecule has 5 atom stereocenters. The normalized spacial score (nSPS) is 14.1. The van der Waals surface area contributed by atoms with E-state index in [2.05, 4.69) is 48.5 Å². The van der Waals surface area contributed by atoms with Crippen molar-refractivity contribution >= 4 is 39.5 Å². The second kappa shape index (κ2) is 63.8. The lowest BCUT2D eigenvalue weighted by atomic mass is 10.0. The van der Waals surface area contributed by atoms with Crippen molar-refractivity contribution in [2.24, 2.45) is 17.8 Å². The number of esters is 4. The number of hydrogen-bond acceptors (Lipinski definition) is 15. The predicted molar refractivity (Wildman–Crippen MR) is 372 cm³/mol. The van der Waals surface area contributed by atoms with Gasteiger partial charge >= 0.3 is 39.5 Å². The summed E-state index contributed by atoms with van der Waals surface area (Å²) in [6, 6.07) is 0. The molecule has 0 bridgehead atoms. The molecular formula is C73H142O17P2. The molecule has 546 valence electrons. The lowest BCUT2D eigenvalue weighted by Crippen LogP contribution is -2.30. The van der Waals surface area contributed by atoms with Crippen LogP contribution < -0.4 is 0 Å². The van der Waals surface area contributed by atoms with Crippen LogP contribution in [0, 0.1) is 17.8 Å². The van der Waals surface area contributed by atoms with Gasteiger partial charge in [0.05, 0.1) is 26.4 Å². The fraction of sp³-hybridized carbons (Fsp3) is 0.945. The van der Waals surface area contributed by atoms with Gasteiger partial charge in [0.1, 0.15) is 19.3 Å². The zero-order valence-electron chi connectivity index (χ0n) is 60.0. The van der Waals surface area contributed by atoms with Gasteiger partial charge in [-0.2, -0.15) is 0 Å². The summed E-state index contributed by atoms with van der Waals surface area (Å²) >= 11 is 0. The first kappa shape index (κ1) is 90.1. The predicted octanol–water partition coefficient (Wildman–Crippen LogP) is 21.0. The number of aliphatic hydroxyl groups excluding tert-OH is 1. The molecule has 2 unspecified atom stereocenters. The van der Waals surface area contributed by atoms with E-state index in [4.69, 9.17) is 37.0 Å². The Morgan fingerprint density at radius 2 is 0.500 bits per heavy atom. The average Bonchev–Trinajstić information content (AvgIpc) is 1.40. The van der Waals surface area contributed by atoms with E-state index in [0.29, 0.717) is 31.6 Å². The van der Waals surface area contributed by atoms with Crippen LogP contribution in [0.15, 0.2) is 0 Å². The maximum absolute atomic E-state index is 13.1. The van der Waals surface area contributed by atoms with Crippen LogP contribution in [0.25, 0.3) is 0 Å². The summed E-state index contributed by atoms with van der Waals surface area (Å²) in [6.07, 6.45) is 48.7. The second-order valence-corrected chi connectivity index (χ2v) is 30.7. The minimum absolute atomic E-state index is 0.104. The summed E-state index contributed by atoms with van der Waals surface area (Å²) in [5, 5.41) is 10.6. The van der Waals surface area contributed by atoms with E-state index in [-0.39, 0.29) is 25.7 Å². The summed E-state index contributed by atoms with van der Waals surface area (Å²) in [7, 11) is -9.91. The number of unbranched alkanes of at least 4 members (excludes halogenated alkanes) is 39. The monoisotopic (exact) mass is 1350 g/mol. The third kappa shape index (κ3) is 66.7. The molecule has 0 aliphatic heterocycles. The van der Waals surface area contributed by atoms with Gasteiger partial charge in [-0.1, -0.05) is 318 Å². The van der Waals surface area contributed by atoms with Gasteiger partial charge in [0.25, 0.3) is 0 Å². The van der Waals surface area contributed by atoms with Crippen molar-refractivity contribution in [1.82, 2.24) is 0 Å². The number of carbonyl (C=O) groups excluding carboxylic acids is 4. The van der Waals surface area contributed by atoms with Gasteiger partial charge in [-0.3, -0.25) is 37.3 Å². The summed E-state index contributed by atoms with van der Waals surface area (Å²) in [5.41, 5.74) is 0. The molecule has 0 saturated carbocycles. The van der Waals surface area contributed by atoms with Crippen molar-refractivity contribution in [1.29, 1.82) is 0 Å². The van der Waals surface area contributed by atoms with Gasteiger partial charge < -0.3 is 33.8 Å². The van der Waals surface area contributed by atoms with Crippen molar-refractivity contribution in [2.75, 3.05) is 39.6 Å². The molecule has 92 heavy (non-hydrogen) atoms. The highest BCUT2D eigenvalue weighted by atomic mass is 31.2. The molecule has 0 aromatic rings. The number of aliphatic hydroxyl groups is 1. The lowest BCUT2D eigenvalue weighted by Gasteiger charge is -2.21. The molecule has 0 aliphatic carbocycles. The highest BCUT2D eigenvalue weighted by Crippen LogP contribution is 2.45. The summed E-state index contributed by atoms with van der Waals surface area (Å²) in [4.78, 5) is 72.6. The van der Waals surface area contributed by atoms with E-state index < -0.39 is 97.5 Å². The number of ether oxygens (including phenoxy) is 4. The number of carbonyl (C=O) groups is 4. The van der Waals surface area contributed by atoms with E-state index >= 15 is 0 Å². The zero-order valence-corrected chi connectivity index (χ0v) is 61.8. The summed E-state index contributed by atoms with van der Waals surface area (Å²) in [6.45, 7) is 11.8. The topological polar surface area (TPSA) is 237 Å². The Morgan fingerprint density at radius 1 is 0.293 bits per heavy atom. The zero-order chi connectivity index (χ0) is 68.0. The van der Waals surface area contributed by atoms with E-state index in [9.17, 15) is 43.2 Å². The van der Waals surface area contributed by atoms with Crippen molar-refractivity contribution < 1.29 is 80.2 Å². The van der Waals surface area contributed by atoms with Crippen molar-refractivity contribution in [3.05, 3.63) is 0 Å². The second-order valence-electron chi connectivity index (χ2n) is 27.8. The van der Waals surface area contributed by atoms with Crippen LogP contribution in [0.3, 0.4) is 0 Å². The Bertz CT molecular complexity index is 1800. The molecule has 0 aliphatic rings. The molecule has 17 nitrogen and oxygen atoms in total. The van der Waals surface area contributed by atoms with E-state index in [1.807, 2.05) is 0 Å². The first-order valence-corrected chi connectivity index (χ1v) is 40.8. The van der Waals surface area contributed by atoms with Crippen LogP contribution in [-0.2, 0) is 65.4 Å². The van der Waals surface area contributed by atoms with Crippen LogP contribution in [0.4, 0.5) is 0 Å². The molecule has 0 saturated heterocycles. The molecule has 0 amide bonds. The first-order valence-electron chi connectivity index (χ1n) is 37.8. The fourth-order valence-corrected chi connectivity index (χ4v) is 12.7. The molecule has 0 aromatic heterocycles. The van der Waals surface area contributed by atoms with Gasteiger partial charge in [-0.25, -0.2) is 9.13 Å². The highest BCUT2D eigenvalue weighted by molar-refractivity contribution is 7.47. The lowest BCUT2D eigenvalue weighted by molar-refractivity contribution is -0.161. The molecule has 0 aromatic carbocycles. The number of hydrogen-bond donors (Lipinski definition) is 3. The van der Waals surface area contributed by atoms with Crippen molar-refractivity contribution in [3.63, 3.8) is 0 Å². The minimum Gasteiger partial charge on any atom is -0.462 e. The van der Waals surface area contributed by atoms with Gasteiger partial charge in [-0.15, -0.1) is 0 Å². The first-order chi connectivity index (χ1) is 44.2. The number of phosphoric acid groups is 2. The van der Waals surface area contributed by atoms with Crippen LogP contribution >= 0.6 is 15.6 Å². The van der Waals surface area contributed by atoms with Crippen LogP contribution in [0.2, 0.25) is 0 Å². The highest BCUT2D eigenvalue weighted by Gasteiger charge is 2.30. The molecule has 0 spiro atoms. The molecule has 0 radical (unpaired) electrons. The summed E-state index contributed by atoms with van der Waals surface area (Å²) in [5.74, 6) is 0.0788. The van der Waals surface area contributed by atoms with E-state index in [0.717, 1.165) is 108 Å². The maximum Gasteiger partial charge on any atom is 0.472 e. The number of phosphoric ester groups is 2. The molecule has 0 rings (SSSR count). The van der Waals surface area contributed by atoms with Gasteiger partial charge in [0.15, 0.2) is 12.2 Å². The van der Waals surface area contributed by atoms with Crippen molar-refractivity contribution in [3.8, 4) is 0 Å². The Labute approximate surface area is 562 Å². The fourth-order valence-electron chi connectivity index (χ4n) is 11.1. The largest absolute Gasteiger partial charge is 0.472 e. The Kier molecular flexibility index (Phi) is 62.4. The molecule has 19 heteroatoms. The van der Waals surface area contributed by atoms with Gasteiger partial charge in [-0.05, 0) is 43.4 Å². The third-order valence-electron chi connectivity index (χ3n) is 16.9. The molecule has 3 N–H and O–H groups in total. The summed E-state index contributed by atoms with van der Waals surface area (Å²) < 4.78 is 68.4.